The van der Waals surface area contributed by atoms with Gasteiger partial charge in [-0.25, -0.2) is 13.1 Å². The summed E-state index contributed by atoms with van der Waals surface area (Å²) in [6.45, 7) is 4.15. The molecule has 1 N–H and O–H groups in total. The second-order valence-electron chi connectivity index (χ2n) is 6.06. The van der Waals surface area contributed by atoms with Gasteiger partial charge >= 0.3 is 0 Å². The molecule has 0 aliphatic rings. The molecular weight excluding hydrogens is 328 g/mol. The summed E-state index contributed by atoms with van der Waals surface area (Å²) in [5.41, 5.74) is 0.264. The molecule has 1 amide bonds. The van der Waals surface area contributed by atoms with Crippen molar-refractivity contribution < 1.29 is 13.2 Å². The monoisotopic (exact) mass is 348 g/mol. The van der Waals surface area contributed by atoms with Crippen LogP contribution in [0.1, 0.15) is 29.8 Å². The fourth-order valence-corrected chi connectivity index (χ4v) is 3.23. The van der Waals surface area contributed by atoms with E-state index >= 15 is 0 Å². The lowest BCUT2D eigenvalue weighted by Gasteiger charge is -2.09. The molecule has 0 radical (unpaired) electrons. The van der Waals surface area contributed by atoms with Crippen molar-refractivity contribution in [3.05, 3.63) is 64.1 Å². The minimum atomic E-state index is -4.03. The number of carbonyl (C=O) groups excluding carboxylic acids is 1. The molecule has 0 aliphatic heterocycles. The van der Waals surface area contributed by atoms with Crippen LogP contribution in [-0.2, 0) is 23.5 Å². The van der Waals surface area contributed by atoms with Gasteiger partial charge in [0.25, 0.3) is 15.9 Å². The van der Waals surface area contributed by atoms with Crippen molar-refractivity contribution in [1.82, 2.24) is 9.29 Å². The van der Waals surface area contributed by atoms with Crippen LogP contribution in [-0.4, -0.2) is 18.9 Å². The van der Waals surface area contributed by atoms with Gasteiger partial charge in [-0.3, -0.25) is 9.59 Å². The highest BCUT2D eigenvalue weighted by Crippen LogP contribution is 2.13. The van der Waals surface area contributed by atoms with E-state index in [0.717, 1.165) is 12.0 Å². The lowest BCUT2D eigenvalue weighted by Crippen LogP contribution is -2.34. The number of amides is 1. The molecule has 24 heavy (non-hydrogen) atoms. The number of nitrogens with one attached hydrogen (secondary N) is 1. The summed E-state index contributed by atoms with van der Waals surface area (Å²) in [6, 6.07) is 7.57. The van der Waals surface area contributed by atoms with Crippen LogP contribution < -0.4 is 10.2 Å². The molecule has 0 fully saturated rings. The van der Waals surface area contributed by atoms with E-state index < -0.39 is 21.4 Å². The van der Waals surface area contributed by atoms with Crippen LogP contribution in [0.2, 0.25) is 0 Å². The van der Waals surface area contributed by atoms with Gasteiger partial charge in [-0.05, 0) is 30.0 Å². The maximum absolute atomic E-state index is 12.3. The molecule has 0 saturated carbocycles. The maximum atomic E-state index is 12.3. The summed E-state index contributed by atoms with van der Waals surface area (Å²) in [6.07, 6.45) is 3.62. The third kappa shape index (κ3) is 4.32. The van der Waals surface area contributed by atoms with Crippen molar-refractivity contribution in [3.63, 3.8) is 0 Å². The number of sulfonamides is 1. The summed E-state index contributed by atoms with van der Waals surface area (Å²) in [7, 11) is -2.39. The van der Waals surface area contributed by atoms with Gasteiger partial charge in [-0.1, -0.05) is 26.0 Å². The highest BCUT2D eigenvalue weighted by molar-refractivity contribution is 7.90. The molecule has 7 heteroatoms. The fourth-order valence-electron chi connectivity index (χ4n) is 2.27. The van der Waals surface area contributed by atoms with Gasteiger partial charge in [-0.15, -0.1) is 0 Å². The van der Waals surface area contributed by atoms with E-state index in [2.05, 4.69) is 13.8 Å². The number of nitrogens with zero attached hydrogens (tertiary/aromatic N) is 1. The molecule has 6 nitrogen and oxygen atoms in total. The smallest absolute Gasteiger partial charge is 0.270 e. The lowest BCUT2D eigenvalue weighted by atomic mass is 10.0. The maximum Gasteiger partial charge on any atom is 0.270 e. The van der Waals surface area contributed by atoms with Gasteiger partial charge < -0.3 is 4.57 Å². The van der Waals surface area contributed by atoms with Gasteiger partial charge in [0.2, 0.25) is 0 Å². The Morgan fingerprint density at radius 3 is 2.38 bits per heavy atom. The number of hydrogen-bond donors (Lipinski definition) is 1. The molecule has 2 rings (SSSR count). The molecule has 128 valence electrons. The first-order chi connectivity index (χ1) is 11.2. The predicted molar refractivity (Wildman–Crippen MR) is 91.3 cm³/mol. The fraction of sp³-hybridized carbons (Fsp3) is 0.294. The lowest BCUT2D eigenvalue weighted by molar-refractivity contribution is 0.0979. The van der Waals surface area contributed by atoms with Gasteiger partial charge in [0.15, 0.2) is 5.43 Å². The average molecular weight is 348 g/mol. The molecule has 1 heterocycles. The first-order valence-corrected chi connectivity index (χ1v) is 9.00. The van der Waals surface area contributed by atoms with Crippen LogP contribution in [0.5, 0.6) is 0 Å². The summed E-state index contributed by atoms with van der Waals surface area (Å²) < 4.78 is 28.1. The van der Waals surface area contributed by atoms with E-state index in [9.17, 15) is 18.0 Å². The largest absolute Gasteiger partial charge is 0.356 e. The minimum absolute atomic E-state index is 0.0175. The number of benzene rings is 1. The van der Waals surface area contributed by atoms with Crippen LogP contribution in [0, 0.1) is 5.92 Å². The Morgan fingerprint density at radius 2 is 1.79 bits per heavy atom. The molecule has 0 bridgehead atoms. The molecule has 0 unspecified atom stereocenters. The van der Waals surface area contributed by atoms with Crippen molar-refractivity contribution in [2.45, 2.75) is 25.2 Å². The Balaban J connectivity index is 2.23. The van der Waals surface area contributed by atoms with E-state index in [-0.39, 0.29) is 10.5 Å². The van der Waals surface area contributed by atoms with Gasteiger partial charge in [0, 0.05) is 25.5 Å². The zero-order chi connectivity index (χ0) is 17.9. The van der Waals surface area contributed by atoms with Crippen LogP contribution in [0.4, 0.5) is 0 Å². The highest BCUT2D eigenvalue weighted by Gasteiger charge is 2.20. The number of pyridine rings is 1. The number of aryl methyl sites for hydroxylation is 1. The number of hydrogen-bond acceptors (Lipinski definition) is 4. The number of carbonyl (C=O) groups is 1. The van der Waals surface area contributed by atoms with E-state index in [1.54, 1.807) is 19.2 Å². The second kappa shape index (κ2) is 7.00. The van der Waals surface area contributed by atoms with Crippen LogP contribution >= 0.6 is 0 Å². The molecule has 0 aliphatic carbocycles. The second-order valence-corrected chi connectivity index (χ2v) is 7.75. The Labute approximate surface area is 141 Å². The Bertz CT molecular complexity index is 897. The third-order valence-corrected chi connectivity index (χ3v) is 4.76. The van der Waals surface area contributed by atoms with E-state index in [1.165, 1.54) is 35.2 Å². The SMILES string of the molecule is CC(C)Cc1ccc(S(=O)(=O)NC(=O)c2cn(C)ccc2=O)cc1. The predicted octanol–water partition coefficient (Wildman–Crippen LogP) is 1.70. The van der Waals surface area contributed by atoms with Crippen molar-refractivity contribution in [2.75, 3.05) is 0 Å². The highest BCUT2D eigenvalue weighted by atomic mass is 32.2. The molecule has 2 aromatic rings. The summed E-state index contributed by atoms with van der Waals surface area (Å²) in [5, 5.41) is 0. The third-order valence-electron chi connectivity index (χ3n) is 3.41. The molecule has 1 aromatic carbocycles. The molecule has 0 spiro atoms. The van der Waals surface area contributed by atoms with Crippen molar-refractivity contribution in [3.8, 4) is 0 Å². The molecule has 0 atom stereocenters. The number of aromatic nitrogens is 1. The van der Waals surface area contributed by atoms with Crippen molar-refractivity contribution >= 4 is 15.9 Å². The van der Waals surface area contributed by atoms with Crippen LogP contribution in [0.3, 0.4) is 0 Å². The zero-order valence-corrected chi connectivity index (χ0v) is 14.6. The average Bonchev–Trinajstić information content (AvgIpc) is 2.49. The van der Waals surface area contributed by atoms with Crippen LogP contribution in [0.25, 0.3) is 0 Å². The standard InChI is InChI=1S/C17H20N2O4S/c1-12(2)10-13-4-6-14(7-5-13)24(22,23)18-17(21)15-11-19(3)9-8-16(15)20/h4-9,11-12H,10H2,1-3H3,(H,18,21). The first-order valence-electron chi connectivity index (χ1n) is 7.51. The number of rotatable bonds is 5. The van der Waals surface area contributed by atoms with Crippen molar-refractivity contribution in [1.29, 1.82) is 0 Å². The first kappa shape index (κ1) is 17.9. The van der Waals surface area contributed by atoms with E-state index in [4.69, 9.17) is 0 Å². The Hall–Kier alpha value is -2.41. The van der Waals surface area contributed by atoms with Gasteiger partial charge in [-0.2, -0.15) is 0 Å². The van der Waals surface area contributed by atoms with Crippen LogP contribution in [0.15, 0.2) is 52.4 Å². The van der Waals surface area contributed by atoms with Crippen molar-refractivity contribution in [2.24, 2.45) is 13.0 Å². The minimum Gasteiger partial charge on any atom is -0.356 e. The zero-order valence-electron chi connectivity index (χ0n) is 13.8. The Morgan fingerprint density at radius 1 is 1.17 bits per heavy atom. The van der Waals surface area contributed by atoms with Gasteiger partial charge in [0.1, 0.15) is 5.56 Å². The normalized spacial score (nSPS) is 11.5. The Kier molecular flexibility index (Phi) is 5.23. The summed E-state index contributed by atoms with van der Waals surface area (Å²) in [5.74, 6) is -0.482. The quantitative estimate of drug-likeness (QED) is 0.891. The topological polar surface area (TPSA) is 85.2 Å². The molecule has 1 aromatic heterocycles. The van der Waals surface area contributed by atoms with Gasteiger partial charge in [0.05, 0.1) is 4.90 Å². The summed E-state index contributed by atoms with van der Waals surface area (Å²) >= 11 is 0. The molecule has 0 saturated heterocycles. The van der Waals surface area contributed by atoms with E-state index in [1.807, 2.05) is 4.72 Å². The summed E-state index contributed by atoms with van der Waals surface area (Å²) in [4.78, 5) is 23.8. The molecular formula is C17H20N2O4S. The van der Waals surface area contributed by atoms with E-state index in [0.29, 0.717) is 5.92 Å².